The molecule has 4 rings (SSSR count). The van der Waals surface area contributed by atoms with Crippen LogP contribution in [-0.4, -0.2) is 35.1 Å². The van der Waals surface area contributed by atoms with E-state index in [9.17, 15) is 18.0 Å². The van der Waals surface area contributed by atoms with Crippen molar-refractivity contribution in [1.82, 2.24) is 10.3 Å². The van der Waals surface area contributed by atoms with Gasteiger partial charge in [-0.05, 0) is 69.0 Å². The number of rotatable bonds is 8. The standard InChI is InChI=1S/C28H29ClF3N3O2/c1-18(34-26(36)27(2,3)37-25-13-10-21(17-33-25)28(30,31)32)24(16-19-8-11-22(29)12-9-19)35-15-14-20-6-4-5-7-23(20)35/h4-13,17-18,24H,14-16H2,1-3H3,(H,34,36). The van der Waals surface area contributed by atoms with Crippen LogP contribution < -0.4 is 15.0 Å². The molecule has 2 heterocycles. The maximum atomic E-state index is 13.3. The summed E-state index contributed by atoms with van der Waals surface area (Å²) in [4.78, 5) is 19.3. The van der Waals surface area contributed by atoms with Crippen LogP contribution in [0.4, 0.5) is 18.9 Å². The van der Waals surface area contributed by atoms with Gasteiger partial charge in [0.25, 0.3) is 5.91 Å². The lowest BCUT2D eigenvalue weighted by molar-refractivity contribution is -0.138. The molecule has 37 heavy (non-hydrogen) atoms. The summed E-state index contributed by atoms with van der Waals surface area (Å²) in [6.07, 6.45) is -2.21. The largest absolute Gasteiger partial charge is 0.462 e. The van der Waals surface area contributed by atoms with Crippen LogP contribution in [-0.2, 0) is 23.8 Å². The van der Waals surface area contributed by atoms with Crippen LogP contribution in [0.5, 0.6) is 5.88 Å². The predicted octanol–water partition coefficient (Wildman–Crippen LogP) is 6.09. The average molecular weight is 532 g/mol. The molecule has 1 aliphatic heterocycles. The molecule has 9 heteroatoms. The highest BCUT2D eigenvalue weighted by molar-refractivity contribution is 6.30. The van der Waals surface area contributed by atoms with Crippen LogP contribution in [0.1, 0.15) is 37.5 Å². The molecule has 0 radical (unpaired) electrons. The number of para-hydroxylation sites is 1. The van der Waals surface area contributed by atoms with E-state index in [2.05, 4.69) is 27.3 Å². The fourth-order valence-electron chi connectivity index (χ4n) is 4.52. The van der Waals surface area contributed by atoms with Crippen molar-refractivity contribution in [1.29, 1.82) is 0 Å². The second kappa shape index (κ2) is 10.6. The Labute approximate surface area is 219 Å². The zero-order chi connectivity index (χ0) is 26.8. The third-order valence-electron chi connectivity index (χ3n) is 6.59. The van der Waals surface area contributed by atoms with Crippen molar-refractivity contribution in [3.05, 3.63) is 88.6 Å². The predicted molar refractivity (Wildman–Crippen MR) is 138 cm³/mol. The van der Waals surface area contributed by atoms with Gasteiger partial charge in [0.05, 0.1) is 11.6 Å². The molecule has 1 N–H and O–H groups in total. The number of carbonyl (C=O) groups excluding carboxylic acids is 1. The monoisotopic (exact) mass is 531 g/mol. The van der Waals surface area contributed by atoms with Crippen molar-refractivity contribution in [3.63, 3.8) is 0 Å². The fraction of sp³-hybridized carbons (Fsp3) is 0.357. The van der Waals surface area contributed by atoms with Gasteiger partial charge in [-0.15, -0.1) is 0 Å². The minimum atomic E-state index is -4.50. The summed E-state index contributed by atoms with van der Waals surface area (Å²) >= 11 is 6.08. The van der Waals surface area contributed by atoms with E-state index < -0.39 is 23.2 Å². The molecule has 3 aromatic rings. The topological polar surface area (TPSA) is 54.5 Å². The number of halogens is 4. The fourth-order valence-corrected chi connectivity index (χ4v) is 4.65. The molecular weight excluding hydrogens is 503 g/mol. The Morgan fingerprint density at radius 1 is 1.11 bits per heavy atom. The summed E-state index contributed by atoms with van der Waals surface area (Å²) in [6, 6.07) is 17.6. The van der Waals surface area contributed by atoms with Crippen molar-refractivity contribution in [2.45, 2.75) is 57.5 Å². The summed E-state index contributed by atoms with van der Waals surface area (Å²) in [5.41, 5.74) is 1.25. The lowest BCUT2D eigenvalue weighted by atomic mass is 9.97. The van der Waals surface area contributed by atoms with Gasteiger partial charge in [-0.25, -0.2) is 4.98 Å². The molecule has 1 aliphatic rings. The van der Waals surface area contributed by atoms with E-state index >= 15 is 0 Å². The number of carbonyl (C=O) groups is 1. The van der Waals surface area contributed by atoms with Crippen molar-refractivity contribution in [2.75, 3.05) is 11.4 Å². The molecule has 0 saturated heterocycles. The van der Waals surface area contributed by atoms with E-state index in [-0.39, 0.29) is 18.0 Å². The highest BCUT2D eigenvalue weighted by Crippen LogP contribution is 2.32. The first kappa shape index (κ1) is 26.8. The highest BCUT2D eigenvalue weighted by Gasteiger charge is 2.36. The average Bonchev–Trinajstić information content (AvgIpc) is 3.27. The Bertz CT molecular complexity index is 1230. The zero-order valence-electron chi connectivity index (χ0n) is 20.8. The van der Waals surface area contributed by atoms with E-state index in [1.807, 2.05) is 43.3 Å². The number of nitrogens with zero attached hydrogens (tertiary/aromatic N) is 2. The van der Waals surface area contributed by atoms with Gasteiger partial charge in [-0.1, -0.05) is 41.9 Å². The van der Waals surface area contributed by atoms with Crippen LogP contribution in [0.2, 0.25) is 5.02 Å². The van der Waals surface area contributed by atoms with Gasteiger partial charge in [0.1, 0.15) is 0 Å². The van der Waals surface area contributed by atoms with Crippen LogP contribution in [0.15, 0.2) is 66.9 Å². The first-order chi connectivity index (χ1) is 17.4. The minimum absolute atomic E-state index is 0.0613. The third-order valence-corrected chi connectivity index (χ3v) is 6.84. The van der Waals surface area contributed by atoms with Gasteiger partial charge in [0.15, 0.2) is 5.60 Å². The number of amides is 1. The van der Waals surface area contributed by atoms with Gasteiger partial charge >= 0.3 is 6.18 Å². The van der Waals surface area contributed by atoms with Gasteiger partial charge in [0, 0.05) is 35.6 Å². The summed E-state index contributed by atoms with van der Waals surface area (Å²) in [5, 5.41) is 3.73. The first-order valence-electron chi connectivity index (χ1n) is 12.1. The molecule has 1 amide bonds. The Kier molecular flexibility index (Phi) is 7.69. The highest BCUT2D eigenvalue weighted by atomic mass is 35.5. The van der Waals surface area contributed by atoms with Crippen LogP contribution in [0, 0.1) is 0 Å². The number of hydrogen-bond donors (Lipinski definition) is 1. The molecule has 1 aromatic heterocycles. The second-order valence-electron chi connectivity index (χ2n) is 9.73. The van der Waals surface area contributed by atoms with Crippen molar-refractivity contribution >= 4 is 23.2 Å². The summed E-state index contributed by atoms with van der Waals surface area (Å²) in [7, 11) is 0. The van der Waals surface area contributed by atoms with Gasteiger partial charge in [-0.2, -0.15) is 13.2 Å². The molecule has 196 valence electrons. The molecule has 0 spiro atoms. The molecule has 0 bridgehead atoms. The van der Waals surface area contributed by atoms with Crippen LogP contribution in [0.3, 0.4) is 0 Å². The normalized spacial score (nSPS) is 15.2. The number of fused-ring (bicyclic) bond motifs is 1. The van der Waals surface area contributed by atoms with E-state index in [0.717, 1.165) is 36.3 Å². The number of hydrogen-bond acceptors (Lipinski definition) is 4. The molecule has 0 aliphatic carbocycles. The Hall–Kier alpha value is -3.26. The van der Waals surface area contributed by atoms with Crippen LogP contribution in [0.25, 0.3) is 0 Å². The summed E-state index contributed by atoms with van der Waals surface area (Å²) in [5.74, 6) is -0.456. The quantitative estimate of drug-likeness (QED) is 0.382. The Morgan fingerprint density at radius 2 is 1.81 bits per heavy atom. The summed E-state index contributed by atoms with van der Waals surface area (Å²) in [6.45, 7) is 5.90. The van der Waals surface area contributed by atoms with E-state index in [0.29, 0.717) is 17.6 Å². The van der Waals surface area contributed by atoms with Crippen molar-refractivity contribution in [2.24, 2.45) is 0 Å². The van der Waals surface area contributed by atoms with E-state index in [1.54, 1.807) is 13.8 Å². The molecule has 2 unspecified atom stereocenters. The van der Waals surface area contributed by atoms with Crippen molar-refractivity contribution < 1.29 is 22.7 Å². The number of ether oxygens (including phenoxy) is 1. The molecule has 0 fully saturated rings. The second-order valence-corrected chi connectivity index (χ2v) is 10.2. The molecule has 0 saturated carbocycles. The minimum Gasteiger partial charge on any atom is -0.462 e. The number of nitrogens with one attached hydrogen (secondary N) is 1. The lowest BCUT2D eigenvalue weighted by Crippen LogP contribution is -2.56. The van der Waals surface area contributed by atoms with Gasteiger partial charge in [-0.3, -0.25) is 4.79 Å². The van der Waals surface area contributed by atoms with E-state index in [4.69, 9.17) is 16.3 Å². The van der Waals surface area contributed by atoms with Crippen LogP contribution >= 0.6 is 11.6 Å². The SMILES string of the molecule is CC(NC(=O)C(C)(C)Oc1ccc(C(F)(F)F)cn1)C(Cc1ccc(Cl)cc1)N1CCc2ccccc21. The third kappa shape index (κ3) is 6.36. The number of pyridine rings is 1. The van der Waals surface area contributed by atoms with Gasteiger partial charge < -0.3 is 15.0 Å². The smallest absolute Gasteiger partial charge is 0.417 e. The number of anilines is 1. The zero-order valence-corrected chi connectivity index (χ0v) is 21.6. The summed E-state index contributed by atoms with van der Waals surface area (Å²) < 4.78 is 44.2. The molecule has 2 aromatic carbocycles. The molecule has 2 atom stereocenters. The lowest BCUT2D eigenvalue weighted by Gasteiger charge is -2.37. The van der Waals surface area contributed by atoms with E-state index in [1.165, 1.54) is 5.56 Å². The molecule has 5 nitrogen and oxygen atoms in total. The number of benzene rings is 2. The number of alkyl halides is 3. The first-order valence-corrected chi connectivity index (χ1v) is 12.4. The Morgan fingerprint density at radius 3 is 2.46 bits per heavy atom. The maximum absolute atomic E-state index is 13.3. The maximum Gasteiger partial charge on any atom is 0.417 e. The number of aromatic nitrogens is 1. The van der Waals surface area contributed by atoms with Crippen molar-refractivity contribution in [3.8, 4) is 5.88 Å². The molecular formula is C28H29ClF3N3O2. The Balaban J connectivity index is 1.51. The van der Waals surface area contributed by atoms with Gasteiger partial charge in [0.2, 0.25) is 5.88 Å².